The van der Waals surface area contributed by atoms with Gasteiger partial charge in [-0.1, -0.05) is 6.07 Å². The van der Waals surface area contributed by atoms with E-state index in [2.05, 4.69) is 5.32 Å². The van der Waals surface area contributed by atoms with E-state index in [1.54, 1.807) is 0 Å². The number of rotatable bonds is 6. The summed E-state index contributed by atoms with van der Waals surface area (Å²) in [7, 11) is 0. The SMILES string of the molecule is CCOC1CC(Nc2c(C(=O)O)cccc2[N+](=O)[O-])C1. The number of nitrogens with one attached hydrogen (secondary N) is 1. The Morgan fingerprint density at radius 2 is 2.25 bits per heavy atom. The van der Waals surface area contributed by atoms with Crippen LogP contribution in [0.2, 0.25) is 0 Å². The van der Waals surface area contributed by atoms with Crippen molar-refractivity contribution >= 4 is 17.3 Å². The van der Waals surface area contributed by atoms with Gasteiger partial charge in [-0.05, 0) is 25.8 Å². The Hall–Kier alpha value is -2.15. The number of carbonyl (C=O) groups is 1. The number of nitro groups is 1. The van der Waals surface area contributed by atoms with Gasteiger partial charge in [0, 0.05) is 18.7 Å². The van der Waals surface area contributed by atoms with Gasteiger partial charge in [-0.15, -0.1) is 0 Å². The standard InChI is InChI=1S/C13H16N2O5/c1-2-20-9-6-8(7-9)14-12-10(13(16)17)4-3-5-11(12)15(18)19/h3-5,8-9,14H,2,6-7H2,1H3,(H,16,17). The van der Waals surface area contributed by atoms with E-state index in [-0.39, 0.29) is 29.1 Å². The van der Waals surface area contributed by atoms with Gasteiger partial charge in [-0.2, -0.15) is 0 Å². The van der Waals surface area contributed by atoms with Crippen LogP contribution in [0.5, 0.6) is 0 Å². The molecule has 0 bridgehead atoms. The van der Waals surface area contributed by atoms with Gasteiger partial charge >= 0.3 is 5.97 Å². The zero-order valence-corrected chi connectivity index (χ0v) is 11.0. The number of benzene rings is 1. The molecule has 1 saturated carbocycles. The van der Waals surface area contributed by atoms with Crippen molar-refractivity contribution in [1.29, 1.82) is 0 Å². The van der Waals surface area contributed by atoms with Crippen molar-refractivity contribution < 1.29 is 19.6 Å². The summed E-state index contributed by atoms with van der Waals surface area (Å²) in [4.78, 5) is 21.6. The highest BCUT2D eigenvalue weighted by atomic mass is 16.6. The first-order valence-electron chi connectivity index (χ1n) is 6.41. The molecule has 0 aliphatic heterocycles. The number of hydrogen-bond donors (Lipinski definition) is 2. The Kier molecular flexibility index (Phi) is 4.19. The molecule has 0 atom stereocenters. The van der Waals surface area contributed by atoms with Crippen LogP contribution in [-0.4, -0.2) is 34.8 Å². The summed E-state index contributed by atoms with van der Waals surface area (Å²) in [6.07, 6.45) is 1.59. The topological polar surface area (TPSA) is 102 Å². The molecule has 0 aromatic heterocycles. The first-order chi connectivity index (χ1) is 9.52. The van der Waals surface area contributed by atoms with E-state index in [0.29, 0.717) is 6.61 Å². The number of carboxylic acids is 1. The minimum absolute atomic E-state index is 0.00532. The van der Waals surface area contributed by atoms with Gasteiger partial charge in [0.1, 0.15) is 5.69 Å². The van der Waals surface area contributed by atoms with Crippen molar-refractivity contribution in [3.05, 3.63) is 33.9 Å². The maximum absolute atomic E-state index is 11.2. The van der Waals surface area contributed by atoms with E-state index in [1.165, 1.54) is 18.2 Å². The second kappa shape index (κ2) is 5.87. The molecule has 20 heavy (non-hydrogen) atoms. The summed E-state index contributed by atoms with van der Waals surface area (Å²) < 4.78 is 5.41. The zero-order chi connectivity index (χ0) is 14.7. The van der Waals surface area contributed by atoms with Gasteiger partial charge in [-0.25, -0.2) is 4.79 Å². The fourth-order valence-electron chi connectivity index (χ4n) is 2.28. The summed E-state index contributed by atoms with van der Waals surface area (Å²) in [5, 5.41) is 23.1. The summed E-state index contributed by atoms with van der Waals surface area (Å²) >= 11 is 0. The molecule has 108 valence electrons. The highest BCUT2D eigenvalue weighted by Crippen LogP contribution is 2.33. The quantitative estimate of drug-likeness (QED) is 0.612. The van der Waals surface area contributed by atoms with Crippen molar-refractivity contribution in [3.63, 3.8) is 0 Å². The summed E-state index contributed by atoms with van der Waals surface area (Å²) in [5.41, 5.74) is -0.228. The average molecular weight is 280 g/mol. The molecular formula is C13H16N2O5. The molecule has 0 spiro atoms. The number of hydrogen-bond acceptors (Lipinski definition) is 5. The van der Waals surface area contributed by atoms with Crippen molar-refractivity contribution in [1.82, 2.24) is 0 Å². The predicted octanol–water partition coefficient (Wildman–Crippen LogP) is 2.27. The molecule has 0 unspecified atom stereocenters. The molecule has 1 fully saturated rings. The third kappa shape index (κ3) is 2.88. The maximum Gasteiger partial charge on any atom is 0.338 e. The number of anilines is 1. The number of ether oxygens (including phenoxy) is 1. The van der Waals surface area contributed by atoms with Crippen molar-refractivity contribution in [2.45, 2.75) is 31.9 Å². The largest absolute Gasteiger partial charge is 0.478 e. The number of aromatic carboxylic acids is 1. The second-order valence-corrected chi connectivity index (χ2v) is 4.65. The zero-order valence-electron chi connectivity index (χ0n) is 11.0. The molecule has 0 amide bonds. The van der Waals surface area contributed by atoms with Crippen LogP contribution >= 0.6 is 0 Å². The minimum Gasteiger partial charge on any atom is -0.478 e. The number of carboxylic acid groups (broad SMARTS) is 1. The number of nitro benzene ring substituents is 1. The van der Waals surface area contributed by atoms with Crippen LogP contribution in [0, 0.1) is 10.1 Å². The van der Waals surface area contributed by atoms with Gasteiger partial charge in [0.25, 0.3) is 5.69 Å². The third-order valence-electron chi connectivity index (χ3n) is 3.32. The van der Waals surface area contributed by atoms with Crippen molar-refractivity contribution in [2.75, 3.05) is 11.9 Å². The van der Waals surface area contributed by atoms with Crippen LogP contribution in [0.1, 0.15) is 30.1 Å². The molecule has 1 aromatic carbocycles. The maximum atomic E-state index is 11.2. The Morgan fingerprint density at radius 1 is 1.55 bits per heavy atom. The lowest BCUT2D eigenvalue weighted by molar-refractivity contribution is -0.384. The lowest BCUT2D eigenvalue weighted by Crippen LogP contribution is -2.41. The molecule has 0 heterocycles. The van der Waals surface area contributed by atoms with E-state index in [0.717, 1.165) is 12.8 Å². The van der Waals surface area contributed by atoms with Crippen LogP contribution in [-0.2, 0) is 4.74 Å². The fraction of sp³-hybridized carbons (Fsp3) is 0.462. The second-order valence-electron chi connectivity index (χ2n) is 4.65. The van der Waals surface area contributed by atoms with E-state index < -0.39 is 10.9 Å². The third-order valence-corrected chi connectivity index (χ3v) is 3.32. The van der Waals surface area contributed by atoms with E-state index in [4.69, 9.17) is 9.84 Å². The average Bonchev–Trinajstić information content (AvgIpc) is 2.35. The molecule has 1 aliphatic rings. The van der Waals surface area contributed by atoms with Crippen molar-refractivity contribution in [3.8, 4) is 0 Å². The Bertz CT molecular complexity index is 493. The van der Waals surface area contributed by atoms with Gasteiger partial charge in [0.05, 0.1) is 16.6 Å². The van der Waals surface area contributed by atoms with Gasteiger partial charge in [0.15, 0.2) is 0 Å². The summed E-state index contributed by atoms with van der Waals surface area (Å²) in [6, 6.07) is 4.03. The van der Waals surface area contributed by atoms with Gasteiger partial charge in [0.2, 0.25) is 0 Å². The highest BCUT2D eigenvalue weighted by molar-refractivity contribution is 5.96. The Labute approximate surface area is 115 Å². The molecular weight excluding hydrogens is 264 g/mol. The van der Waals surface area contributed by atoms with Gasteiger partial charge in [-0.3, -0.25) is 10.1 Å². The number of para-hydroxylation sites is 1. The van der Waals surface area contributed by atoms with Crippen LogP contribution in [0.15, 0.2) is 18.2 Å². The first kappa shape index (κ1) is 14.3. The minimum atomic E-state index is -1.18. The Morgan fingerprint density at radius 3 is 2.80 bits per heavy atom. The predicted molar refractivity (Wildman–Crippen MR) is 72.1 cm³/mol. The monoisotopic (exact) mass is 280 g/mol. The molecule has 2 N–H and O–H groups in total. The lowest BCUT2D eigenvalue weighted by Gasteiger charge is -2.36. The van der Waals surface area contributed by atoms with Crippen molar-refractivity contribution in [2.24, 2.45) is 0 Å². The first-order valence-corrected chi connectivity index (χ1v) is 6.41. The van der Waals surface area contributed by atoms with E-state index in [1.807, 2.05) is 6.92 Å². The fourth-order valence-corrected chi connectivity index (χ4v) is 2.28. The van der Waals surface area contributed by atoms with E-state index >= 15 is 0 Å². The molecule has 0 radical (unpaired) electrons. The molecule has 0 saturated heterocycles. The summed E-state index contributed by atoms with van der Waals surface area (Å²) in [6.45, 7) is 2.54. The van der Waals surface area contributed by atoms with Crippen LogP contribution in [0.4, 0.5) is 11.4 Å². The van der Waals surface area contributed by atoms with Crippen LogP contribution in [0.25, 0.3) is 0 Å². The Balaban J connectivity index is 2.17. The molecule has 7 heteroatoms. The normalized spacial score (nSPS) is 21.1. The number of nitrogens with zero attached hydrogens (tertiary/aromatic N) is 1. The van der Waals surface area contributed by atoms with Crippen LogP contribution in [0.3, 0.4) is 0 Å². The van der Waals surface area contributed by atoms with Gasteiger partial charge < -0.3 is 15.2 Å². The molecule has 1 aliphatic carbocycles. The van der Waals surface area contributed by atoms with Crippen LogP contribution < -0.4 is 5.32 Å². The molecule has 2 rings (SSSR count). The lowest BCUT2D eigenvalue weighted by atomic mass is 9.88. The smallest absolute Gasteiger partial charge is 0.338 e. The van der Waals surface area contributed by atoms with E-state index in [9.17, 15) is 14.9 Å². The summed E-state index contributed by atoms with van der Waals surface area (Å²) in [5.74, 6) is -1.18. The molecule has 7 nitrogen and oxygen atoms in total. The highest BCUT2D eigenvalue weighted by Gasteiger charge is 2.32. The molecule has 1 aromatic rings.